The molecule has 0 aliphatic carbocycles. The fourth-order valence-electron chi connectivity index (χ4n) is 3.25. The first-order valence-corrected chi connectivity index (χ1v) is 9.54. The third-order valence-electron chi connectivity index (χ3n) is 4.94. The Morgan fingerprint density at radius 1 is 1.14 bits per heavy atom. The van der Waals surface area contributed by atoms with E-state index in [4.69, 9.17) is 4.74 Å². The maximum atomic E-state index is 12.6. The van der Waals surface area contributed by atoms with Gasteiger partial charge in [-0.1, -0.05) is 43.3 Å². The summed E-state index contributed by atoms with van der Waals surface area (Å²) < 4.78 is 5.39. The molecule has 1 heterocycles. The second-order valence-electron chi connectivity index (χ2n) is 6.87. The van der Waals surface area contributed by atoms with E-state index < -0.39 is 11.9 Å². The van der Waals surface area contributed by atoms with Crippen molar-refractivity contribution in [1.82, 2.24) is 10.3 Å². The fourth-order valence-corrected chi connectivity index (χ4v) is 3.25. The van der Waals surface area contributed by atoms with Crippen molar-refractivity contribution in [2.24, 2.45) is 5.92 Å². The molecule has 1 amide bonds. The number of nitrogens with zero attached hydrogens (tertiary/aromatic N) is 1. The lowest BCUT2D eigenvalue weighted by Crippen LogP contribution is -2.24. The van der Waals surface area contributed by atoms with E-state index in [2.05, 4.69) is 10.3 Å². The van der Waals surface area contributed by atoms with Crippen LogP contribution in [0.2, 0.25) is 0 Å². The number of carboxylic acid groups (broad SMARTS) is 1. The Morgan fingerprint density at radius 2 is 1.93 bits per heavy atom. The van der Waals surface area contributed by atoms with E-state index in [9.17, 15) is 14.7 Å². The number of carboxylic acids is 1. The van der Waals surface area contributed by atoms with Crippen LogP contribution in [0.1, 0.15) is 35.0 Å². The third-order valence-corrected chi connectivity index (χ3v) is 4.94. The van der Waals surface area contributed by atoms with Gasteiger partial charge in [-0.3, -0.25) is 9.59 Å². The number of ether oxygens (including phenoxy) is 1. The molecule has 6 nitrogen and oxygen atoms in total. The number of rotatable bonds is 8. The lowest BCUT2D eigenvalue weighted by molar-refractivity contribution is -0.141. The maximum absolute atomic E-state index is 12.6. The molecule has 3 aromatic rings. The molecule has 3 rings (SSSR count). The Bertz CT molecular complexity index is 1030. The summed E-state index contributed by atoms with van der Waals surface area (Å²) in [7, 11) is 1.57. The molecule has 1 unspecified atom stereocenters. The SMILES string of the molecule is CCC(Cc1ccc(OC)c(CNC(=O)c2ccc3ccccc3n2)c1)C(=O)O. The molecule has 0 radical (unpaired) electrons. The molecule has 0 saturated carbocycles. The zero-order chi connectivity index (χ0) is 20.8. The lowest BCUT2D eigenvalue weighted by atomic mass is 9.95. The minimum absolute atomic E-state index is 0.258. The normalized spacial score (nSPS) is 11.8. The van der Waals surface area contributed by atoms with E-state index in [1.807, 2.05) is 49.4 Å². The smallest absolute Gasteiger partial charge is 0.306 e. The Kier molecular flexibility index (Phi) is 6.44. The van der Waals surface area contributed by atoms with Gasteiger partial charge in [0.15, 0.2) is 0 Å². The van der Waals surface area contributed by atoms with Crippen LogP contribution >= 0.6 is 0 Å². The average molecular weight is 392 g/mol. The van der Waals surface area contributed by atoms with Crippen LogP contribution in [0.15, 0.2) is 54.6 Å². The third kappa shape index (κ3) is 4.90. The maximum Gasteiger partial charge on any atom is 0.306 e. The van der Waals surface area contributed by atoms with Gasteiger partial charge in [0.25, 0.3) is 5.91 Å². The number of fused-ring (bicyclic) bond motifs is 1. The molecule has 2 N–H and O–H groups in total. The molecule has 0 bridgehead atoms. The number of hydrogen-bond donors (Lipinski definition) is 2. The standard InChI is InChI=1S/C23H24N2O4/c1-3-16(23(27)28)12-15-8-11-21(29-2)18(13-15)14-24-22(26)20-10-9-17-6-4-5-7-19(17)25-20/h4-11,13,16H,3,12,14H2,1-2H3,(H,24,26)(H,27,28). The highest BCUT2D eigenvalue weighted by molar-refractivity contribution is 5.94. The number of hydrogen-bond acceptors (Lipinski definition) is 4. The van der Waals surface area contributed by atoms with Crippen molar-refractivity contribution in [3.63, 3.8) is 0 Å². The van der Waals surface area contributed by atoms with Gasteiger partial charge < -0.3 is 15.2 Å². The van der Waals surface area contributed by atoms with Crippen LogP contribution < -0.4 is 10.1 Å². The molecular weight excluding hydrogens is 368 g/mol. The Hall–Kier alpha value is -3.41. The van der Waals surface area contributed by atoms with Crippen LogP contribution in [0.3, 0.4) is 0 Å². The van der Waals surface area contributed by atoms with Crippen LogP contribution in [0.5, 0.6) is 5.75 Å². The summed E-state index contributed by atoms with van der Waals surface area (Å²) in [6.45, 7) is 2.12. The number of para-hydroxylation sites is 1. The molecule has 0 fully saturated rings. The Balaban J connectivity index is 1.74. The van der Waals surface area contributed by atoms with Gasteiger partial charge in [-0.05, 0) is 36.6 Å². The Labute approximate surface area is 169 Å². The molecule has 0 saturated heterocycles. The van der Waals surface area contributed by atoms with Gasteiger partial charge in [0.1, 0.15) is 11.4 Å². The molecule has 1 aromatic heterocycles. The second-order valence-corrected chi connectivity index (χ2v) is 6.87. The first kappa shape index (κ1) is 20.3. The highest BCUT2D eigenvalue weighted by Gasteiger charge is 2.17. The first-order valence-electron chi connectivity index (χ1n) is 9.54. The van der Waals surface area contributed by atoms with Crippen LogP contribution in [-0.4, -0.2) is 29.1 Å². The van der Waals surface area contributed by atoms with Gasteiger partial charge >= 0.3 is 5.97 Å². The van der Waals surface area contributed by atoms with Crippen molar-refractivity contribution in [1.29, 1.82) is 0 Å². The fraction of sp³-hybridized carbons (Fsp3) is 0.261. The largest absolute Gasteiger partial charge is 0.496 e. The molecule has 150 valence electrons. The van der Waals surface area contributed by atoms with E-state index in [0.29, 0.717) is 24.3 Å². The molecule has 0 spiro atoms. The number of aromatic nitrogens is 1. The topological polar surface area (TPSA) is 88.5 Å². The second kappa shape index (κ2) is 9.19. The van der Waals surface area contributed by atoms with E-state index in [0.717, 1.165) is 22.0 Å². The van der Waals surface area contributed by atoms with Crippen molar-refractivity contribution >= 4 is 22.8 Å². The van der Waals surface area contributed by atoms with E-state index >= 15 is 0 Å². The average Bonchev–Trinajstić information content (AvgIpc) is 2.75. The molecule has 6 heteroatoms. The minimum Gasteiger partial charge on any atom is -0.496 e. The summed E-state index contributed by atoms with van der Waals surface area (Å²) >= 11 is 0. The highest BCUT2D eigenvalue weighted by atomic mass is 16.5. The van der Waals surface area contributed by atoms with Gasteiger partial charge in [-0.25, -0.2) is 4.98 Å². The van der Waals surface area contributed by atoms with Crippen LogP contribution in [0.25, 0.3) is 10.9 Å². The van der Waals surface area contributed by atoms with Gasteiger partial charge in [-0.15, -0.1) is 0 Å². The van der Waals surface area contributed by atoms with Gasteiger partial charge in [0, 0.05) is 17.5 Å². The Morgan fingerprint density at radius 3 is 2.66 bits per heavy atom. The van der Waals surface area contributed by atoms with Crippen molar-refractivity contribution in [2.45, 2.75) is 26.3 Å². The number of nitrogens with one attached hydrogen (secondary N) is 1. The summed E-state index contributed by atoms with van der Waals surface area (Å²) in [4.78, 5) is 28.3. The summed E-state index contributed by atoms with van der Waals surface area (Å²) in [6.07, 6.45) is 0.990. The molecule has 29 heavy (non-hydrogen) atoms. The monoisotopic (exact) mass is 392 g/mol. The van der Waals surface area contributed by atoms with Crippen molar-refractivity contribution in [3.05, 3.63) is 71.4 Å². The van der Waals surface area contributed by atoms with Gasteiger partial charge in [-0.2, -0.15) is 0 Å². The quantitative estimate of drug-likeness (QED) is 0.608. The number of pyridine rings is 1. The van der Waals surface area contributed by atoms with Gasteiger partial charge in [0.2, 0.25) is 0 Å². The van der Waals surface area contributed by atoms with Crippen LogP contribution in [-0.2, 0) is 17.8 Å². The number of benzene rings is 2. The zero-order valence-corrected chi connectivity index (χ0v) is 16.5. The van der Waals surface area contributed by atoms with Gasteiger partial charge in [0.05, 0.1) is 18.5 Å². The first-order chi connectivity index (χ1) is 14.0. The molecule has 1 atom stereocenters. The predicted octanol–water partition coefficient (Wildman–Crippen LogP) is 3.83. The molecule has 2 aromatic carbocycles. The zero-order valence-electron chi connectivity index (χ0n) is 16.5. The number of amides is 1. The van der Waals surface area contributed by atoms with E-state index in [1.54, 1.807) is 19.2 Å². The van der Waals surface area contributed by atoms with Crippen LogP contribution in [0, 0.1) is 5.92 Å². The van der Waals surface area contributed by atoms with Crippen molar-refractivity contribution in [2.75, 3.05) is 7.11 Å². The molecule has 0 aliphatic rings. The van der Waals surface area contributed by atoms with Crippen molar-refractivity contribution < 1.29 is 19.4 Å². The minimum atomic E-state index is -0.805. The summed E-state index contributed by atoms with van der Waals surface area (Å²) in [5, 5.41) is 13.1. The summed E-state index contributed by atoms with van der Waals surface area (Å²) in [5.41, 5.74) is 2.79. The number of methoxy groups -OCH3 is 1. The highest BCUT2D eigenvalue weighted by Crippen LogP contribution is 2.22. The number of carbonyl (C=O) groups excluding carboxylic acids is 1. The predicted molar refractivity (Wildman–Crippen MR) is 111 cm³/mol. The summed E-state index contributed by atoms with van der Waals surface area (Å²) in [5.74, 6) is -0.878. The summed E-state index contributed by atoms with van der Waals surface area (Å²) in [6, 6.07) is 16.7. The van der Waals surface area contributed by atoms with E-state index in [1.165, 1.54) is 0 Å². The lowest BCUT2D eigenvalue weighted by Gasteiger charge is -2.14. The number of carbonyl (C=O) groups is 2. The van der Waals surface area contributed by atoms with Crippen LogP contribution in [0.4, 0.5) is 0 Å². The number of aliphatic carboxylic acids is 1. The van der Waals surface area contributed by atoms with E-state index in [-0.39, 0.29) is 12.5 Å². The van der Waals surface area contributed by atoms with Crippen molar-refractivity contribution in [3.8, 4) is 5.75 Å². The molecule has 0 aliphatic heterocycles. The molecular formula is C23H24N2O4.